The summed E-state index contributed by atoms with van der Waals surface area (Å²) in [5, 5.41) is 15.4. The minimum atomic E-state index is -0.772. The molecule has 204 valence electrons. The van der Waals surface area contributed by atoms with Gasteiger partial charge < -0.3 is 20.5 Å². The summed E-state index contributed by atoms with van der Waals surface area (Å²) < 4.78 is 5.66. The molecule has 1 aromatic carbocycles. The summed E-state index contributed by atoms with van der Waals surface area (Å²) in [5.74, 6) is 0.341. The molecular weight excluding hydrogens is 482 g/mol. The molecule has 1 aliphatic rings. The molecule has 38 heavy (non-hydrogen) atoms. The van der Waals surface area contributed by atoms with Crippen LogP contribution < -0.4 is 15.4 Å². The number of nitrogens with zero attached hydrogens (tertiary/aromatic N) is 5. The number of piperazine rings is 1. The van der Waals surface area contributed by atoms with Gasteiger partial charge in [0.2, 0.25) is 11.8 Å². The minimum absolute atomic E-state index is 0.108. The van der Waals surface area contributed by atoms with E-state index in [4.69, 9.17) is 9.84 Å². The maximum Gasteiger partial charge on any atom is 0.317 e. The third-order valence-corrected chi connectivity index (χ3v) is 5.92. The van der Waals surface area contributed by atoms with E-state index >= 15 is 0 Å². The lowest BCUT2D eigenvalue weighted by Crippen LogP contribution is -2.47. The van der Waals surface area contributed by atoms with Crippen molar-refractivity contribution in [1.82, 2.24) is 30.1 Å². The number of pyridine rings is 1. The van der Waals surface area contributed by atoms with Crippen LogP contribution >= 0.6 is 0 Å². The number of rotatable bonds is 12. The van der Waals surface area contributed by atoms with Gasteiger partial charge in [0.25, 0.3) is 0 Å². The summed E-state index contributed by atoms with van der Waals surface area (Å²) in [5.41, 5.74) is 3.76. The largest absolute Gasteiger partial charge is 0.480 e. The standard InChI is InChI=1S/C26H33N7O3.C2H6/c1-27-9-3-15-36-24-7-6-21(17-29-24)23-8-10-28-26(31-23)30-22-5-2-4-20(16-22)18-32-11-13-33(14-12-32)19-25(34)35;1-2/h2,4-8,10,16-17,27H,3,9,11-15,18-19H2,1H3,(H,34,35)(H,28,30,31);1-2H3. The molecule has 10 nitrogen and oxygen atoms in total. The average molecular weight is 522 g/mol. The number of carboxylic acid groups (broad SMARTS) is 1. The molecule has 2 aromatic heterocycles. The summed E-state index contributed by atoms with van der Waals surface area (Å²) in [6, 6.07) is 13.9. The maximum absolute atomic E-state index is 10.9. The molecule has 0 saturated carbocycles. The smallest absolute Gasteiger partial charge is 0.317 e. The molecule has 0 amide bonds. The third kappa shape index (κ3) is 9.37. The van der Waals surface area contributed by atoms with E-state index < -0.39 is 5.97 Å². The van der Waals surface area contributed by atoms with E-state index in [0.29, 0.717) is 18.4 Å². The van der Waals surface area contributed by atoms with E-state index in [1.807, 2.05) is 56.1 Å². The van der Waals surface area contributed by atoms with Crippen LogP contribution in [0.25, 0.3) is 11.3 Å². The van der Waals surface area contributed by atoms with Crippen LogP contribution in [0.4, 0.5) is 11.6 Å². The zero-order chi connectivity index (χ0) is 27.2. The van der Waals surface area contributed by atoms with Crippen molar-refractivity contribution < 1.29 is 14.6 Å². The quantitative estimate of drug-likeness (QED) is 0.306. The van der Waals surface area contributed by atoms with Crippen LogP contribution in [0.3, 0.4) is 0 Å². The summed E-state index contributed by atoms with van der Waals surface area (Å²) in [7, 11) is 1.92. The Morgan fingerprint density at radius 1 is 1.05 bits per heavy atom. The summed E-state index contributed by atoms with van der Waals surface area (Å²) in [6.07, 6.45) is 4.41. The van der Waals surface area contributed by atoms with Crippen LogP contribution in [0.1, 0.15) is 25.8 Å². The number of anilines is 2. The Hall–Kier alpha value is -3.60. The van der Waals surface area contributed by atoms with E-state index in [2.05, 4.69) is 42.6 Å². The first-order valence-corrected chi connectivity index (χ1v) is 13.2. The molecule has 1 aliphatic heterocycles. The van der Waals surface area contributed by atoms with Gasteiger partial charge in [-0.25, -0.2) is 15.0 Å². The van der Waals surface area contributed by atoms with Gasteiger partial charge >= 0.3 is 5.97 Å². The van der Waals surface area contributed by atoms with Gasteiger partial charge in [0, 0.05) is 62.4 Å². The first-order valence-electron chi connectivity index (χ1n) is 13.2. The monoisotopic (exact) mass is 521 g/mol. The molecule has 10 heteroatoms. The Morgan fingerprint density at radius 2 is 1.84 bits per heavy atom. The van der Waals surface area contributed by atoms with Crippen molar-refractivity contribution >= 4 is 17.6 Å². The Bertz CT molecular complexity index is 1120. The highest BCUT2D eigenvalue weighted by atomic mass is 16.5. The predicted octanol–water partition coefficient (Wildman–Crippen LogP) is 3.50. The highest BCUT2D eigenvalue weighted by molar-refractivity contribution is 5.69. The summed E-state index contributed by atoms with van der Waals surface area (Å²) >= 11 is 0. The third-order valence-electron chi connectivity index (χ3n) is 5.92. The molecule has 0 unspecified atom stereocenters. The van der Waals surface area contributed by atoms with Crippen molar-refractivity contribution in [2.45, 2.75) is 26.8 Å². The number of aromatic nitrogens is 3. The highest BCUT2D eigenvalue weighted by Gasteiger charge is 2.18. The number of ether oxygens (including phenoxy) is 1. The van der Waals surface area contributed by atoms with Crippen LogP contribution in [-0.4, -0.2) is 88.8 Å². The van der Waals surface area contributed by atoms with E-state index in [0.717, 1.165) is 62.6 Å². The average Bonchev–Trinajstić information content (AvgIpc) is 2.94. The van der Waals surface area contributed by atoms with Gasteiger partial charge in [-0.2, -0.15) is 0 Å². The molecule has 3 N–H and O–H groups in total. The number of hydrogen-bond acceptors (Lipinski definition) is 9. The second kappa shape index (κ2) is 15.6. The molecular formula is C28H39N7O3. The maximum atomic E-state index is 10.9. The topological polar surface area (TPSA) is 116 Å². The van der Waals surface area contributed by atoms with Gasteiger partial charge in [0.15, 0.2) is 0 Å². The fourth-order valence-electron chi connectivity index (χ4n) is 4.05. The van der Waals surface area contributed by atoms with Crippen LogP contribution in [0.2, 0.25) is 0 Å². The van der Waals surface area contributed by atoms with Crippen molar-refractivity contribution in [3.8, 4) is 17.1 Å². The summed E-state index contributed by atoms with van der Waals surface area (Å²) in [4.78, 5) is 28.7. The SMILES string of the molecule is CC.CNCCCOc1ccc(-c2ccnc(Nc3cccc(CN4CCN(CC(=O)O)CC4)c3)n2)cn1. The number of nitrogens with one attached hydrogen (secondary N) is 2. The van der Waals surface area contributed by atoms with Gasteiger partial charge in [0.05, 0.1) is 18.8 Å². The Kier molecular flexibility index (Phi) is 11.9. The highest BCUT2D eigenvalue weighted by Crippen LogP contribution is 2.21. The van der Waals surface area contributed by atoms with Gasteiger partial charge in [-0.05, 0) is 49.8 Å². The van der Waals surface area contributed by atoms with E-state index in [1.54, 1.807) is 12.4 Å². The number of hydrogen-bond donors (Lipinski definition) is 3. The van der Waals surface area contributed by atoms with Gasteiger partial charge in [-0.3, -0.25) is 14.6 Å². The number of carbonyl (C=O) groups is 1. The molecule has 0 aliphatic carbocycles. The van der Waals surface area contributed by atoms with Gasteiger partial charge in [-0.15, -0.1) is 0 Å². The molecule has 0 spiro atoms. The first-order chi connectivity index (χ1) is 18.6. The second-order valence-electron chi connectivity index (χ2n) is 8.73. The van der Waals surface area contributed by atoms with Crippen molar-refractivity contribution in [2.24, 2.45) is 0 Å². The molecule has 0 bridgehead atoms. The molecule has 4 rings (SSSR count). The molecule has 1 fully saturated rings. The van der Waals surface area contributed by atoms with Crippen molar-refractivity contribution in [3.63, 3.8) is 0 Å². The zero-order valence-electron chi connectivity index (χ0n) is 22.6. The molecule has 3 aromatic rings. The van der Waals surface area contributed by atoms with Crippen molar-refractivity contribution in [1.29, 1.82) is 0 Å². The van der Waals surface area contributed by atoms with Crippen LogP contribution in [0.15, 0.2) is 54.9 Å². The molecule has 0 atom stereocenters. The van der Waals surface area contributed by atoms with Crippen LogP contribution in [0, 0.1) is 0 Å². The minimum Gasteiger partial charge on any atom is -0.480 e. The Balaban J connectivity index is 0.00000195. The lowest BCUT2D eigenvalue weighted by molar-refractivity contribution is -0.138. The van der Waals surface area contributed by atoms with E-state index in [1.165, 1.54) is 5.56 Å². The first kappa shape index (κ1) is 29.0. The number of carboxylic acids is 1. The fraction of sp³-hybridized carbons (Fsp3) is 0.429. The van der Waals surface area contributed by atoms with Gasteiger partial charge in [0.1, 0.15) is 0 Å². The Morgan fingerprint density at radius 3 is 2.55 bits per heavy atom. The fourth-order valence-corrected chi connectivity index (χ4v) is 4.05. The lowest BCUT2D eigenvalue weighted by Gasteiger charge is -2.33. The number of aliphatic carboxylic acids is 1. The molecule has 3 heterocycles. The molecule has 0 radical (unpaired) electrons. The van der Waals surface area contributed by atoms with Crippen LogP contribution in [-0.2, 0) is 11.3 Å². The van der Waals surface area contributed by atoms with Crippen molar-refractivity contribution in [3.05, 3.63) is 60.4 Å². The lowest BCUT2D eigenvalue weighted by atomic mass is 10.1. The zero-order valence-corrected chi connectivity index (χ0v) is 22.6. The Labute approximate surface area is 225 Å². The molecule has 1 saturated heterocycles. The summed E-state index contributed by atoms with van der Waals surface area (Å²) in [6.45, 7) is 9.68. The number of benzene rings is 1. The van der Waals surface area contributed by atoms with Crippen molar-refractivity contribution in [2.75, 3.05) is 58.2 Å². The predicted molar refractivity (Wildman–Crippen MR) is 150 cm³/mol. The second-order valence-corrected chi connectivity index (χ2v) is 8.73. The van der Waals surface area contributed by atoms with E-state index in [-0.39, 0.29) is 6.54 Å². The normalized spacial score (nSPS) is 13.9. The van der Waals surface area contributed by atoms with E-state index in [9.17, 15) is 4.79 Å². The van der Waals surface area contributed by atoms with Gasteiger partial charge in [-0.1, -0.05) is 26.0 Å². The van der Waals surface area contributed by atoms with Crippen LogP contribution in [0.5, 0.6) is 5.88 Å².